The molecule has 0 radical (unpaired) electrons. The van der Waals surface area contributed by atoms with Crippen molar-refractivity contribution in [2.45, 2.75) is 78.1 Å². The van der Waals surface area contributed by atoms with Gasteiger partial charge < -0.3 is 33.0 Å². The minimum atomic E-state index is -1.47. The van der Waals surface area contributed by atoms with E-state index in [9.17, 15) is 29.2 Å². The zero-order valence-electron chi connectivity index (χ0n) is 23.2. The Hall–Kier alpha value is -4.09. The van der Waals surface area contributed by atoms with Gasteiger partial charge in [0.05, 0.1) is 28.9 Å². The number of nitrogens with zero attached hydrogens (tertiary/aromatic N) is 2. The lowest BCUT2D eigenvalue weighted by Gasteiger charge is -2.49. The van der Waals surface area contributed by atoms with Gasteiger partial charge in [0.15, 0.2) is 30.3 Å². The molecule has 2 aliphatic heterocycles. The summed E-state index contributed by atoms with van der Waals surface area (Å²) >= 11 is 4.62. The Bertz CT molecular complexity index is 1330. The molecule has 6 atom stereocenters. The maximum Gasteiger partial charge on any atom is 0.303 e. The van der Waals surface area contributed by atoms with E-state index < -0.39 is 72.8 Å². The third-order valence-electron chi connectivity index (χ3n) is 6.35. The van der Waals surface area contributed by atoms with E-state index in [1.165, 1.54) is 18.1 Å². The smallest absolute Gasteiger partial charge is 0.303 e. The topological polar surface area (TPSA) is 172 Å². The van der Waals surface area contributed by atoms with Gasteiger partial charge in [-0.1, -0.05) is 0 Å². The Labute approximate surface area is 241 Å². The van der Waals surface area contributed by atoms with Crippen molar-refractivity contribution in [2.75, 3.05) is 6.61 Å². The van der Waals surface area contributed by atoms with Crippen molar-refractivity contribution in [1.82, 2.24) is 4.90 Å². The van der Waals surface area contributed by atoms with Crippen molar-refractivity contribution in [2.24, 2.45) is 0 Å². The van der Waals surface area contributed by atoms with E-state index in [-0.39, 0.29) is 21.9 Å². The third-order valence-corrected chi connectivity index (χ3v) is 6.80. The molecule has 1 aromatic heterocycles. The van der Waals surface area contributed by atoms with Gasteiger partial charge in [0.1, 0.15) is 18.5 Å². The van der Waals surface area contributed by atoms with Gasteiger partial charge in [0.2, 0.25) is 0 Å². The summed E-state index contributed by atoms with van der Waals surface area (Å²) in [5, 5.41) is 10.2. The summed E-state index contributed by atoms with van der Waals surface area (Å²) in [5.41, 5.74) is 0.456. The standard InChI is InChI=1S/C27H30N2O11S/c1-12-21(13(2)30)22(19-8-7-9-35-19)18(10-28)27(41)29(12)26-25(39-17(6)34)24(38-16(5)33)23(37-15(4)32)20(40-26)11-36-14(3)31/h7-9,20,22-26,41H,11H2,1-6H3/t20-,22+,23+,24+,25+,26-/m0/s1. The largest absolute Gasteiger partial charge is 0.468 e. The highest BCUT2D eigenvalue weighted by molar-refractivity contribution is 7.84. The van der Waals surface area contributed by atoms with E-state index in [1.54, 1.807) is 19.1 Å². The third kappa shape index (κ3) is 6.80. The van der Waals surface area contributed by atoms with Crippen LogP contribution in [0.3, 0.4) is 0 Å². The molecule has 0 saturated carbocycles. The van der Waals surface area contributed by atoms with Gasteiger partial charge >= 0.3 is 23.9 Å². The van der Waals surface area contributed by atoms with Crippen LogP contribution in [0.5, 0.6) is 0 Å². The van der Waals surface area contributed by atoms with Crippen LogP contribution in [0.1, 0.15) is 53.2 Å². The average Bonchev–Trinajstić information content (AvgIpc) is 3.39. The van der Waals surface area contributed by atoms with Crippen LogP contribution in [0.15, 0.2) is 44.7 Å². The molecule has 0 N–H and O–H groups in total. The number of carbonyl (C=O) groups excluding carboxylic acids is 5. The minimum absolute atomic E-state index is 0.0203. The Morgan fingerprint density at radius 2 is 1.54 bits per heavy atom. The predicted octanol–water partition coefficient (Wildman–Crippen LogP) is 2.29. The number of ether oxygens (including phenoxy) is 5. The van der Waals surface area contributed by atoms with Crippen molar-refractivity contribution in [3.8, 4) is 6.07 Å². The Morgan fingerprint density at radius 3 is 2.02 bits per heavy atom. The molecule has 1 saturated heterocycles. The Morgan fingerprint density at radius 1 is 0.951 bits per heavy atom. The second-order valence-electron chi connectivity index (χ2n) is 9.31. The van der Waals surface area contributed by atoms with Crippen LogP contribution in [-0.4, -0.2) is 71.8 Å². The monoisotopic (exact) mass is 590 g/mol. The molecule has 0 spiro atoms. The lowest BCUT2D eigenvalue weighted by Crippen LogP contribution is -2.66. The molecule has 14 heteroatoms. The van der Waals surface area contributed by atoms with Gasteiger partial charge in [-0.15, -0.1) is 12.6 Å². The molecule has 220 valence electrons. The zero-order chi connectivity index (χ0) is 30.6. The highest BCUT2D eigenvalue weighted by atomic mass is 32.1. The molecule has 0 unspecified atom stereocenters. The van der Waals surface area contributed by atoms with Crippen LogP contribution in [0, 0.1) is 11.3 Å². The summed E-state index contributed by atoms with van der Waals surface area (Å²) in [6, 6.07) is 5.31. The molecule has 0 aromatic carbocycles. The first-order valence-corrected chi connectivity index (χ1v) is 12.9. The Balaban J connectivity index is 2.27. The minimum Gasteiger partial charge on any atom is -0.468 e. The van der Waals surface area contributed by atoms with Crippen LogP contribution >= 0.6 is 12.6 Å². The van der Waals surface area contributed by atoms with Crippen molar-refractivity contribution in [3.05, 3.63) is 46.0 Å². The van der Waals surface area contributed by atoms with E-state index in [0.717, 1.165) is 27.7 Å². The first-order valence-electron chi connectivity index (χ1n) is 12.5. The fourth-order valence-corrected chi connectivity index (χ4v) is 5.38. The number of carbonyl (C=O) groups is 5. The second kappa shape index (κ2) is 13.0. The van der Waals surface area contributed by atoms with Crippen LogP contribution in [0.2, 0.25) is 0 Å². The summed E-state index contributed by atoms with van der Waals surface area (Å²) in [6.45, 7) is 6.93. The fourth-order valence-electron chi connectivity index (χ4n) is 4.94. The zero-order valence-corrected chi connectivity index (χ0v) is 24.1. The van der Waals surface area contributed by atoms with Crippen molar-refractivity contribution >= 4 is 42.3 Å². The summed E-state index contributed by atoms with van der Waals surface area (Å²) < 4.78 is 33.4. The number of thiol groups is 1. The lowest BCUT2D eigenvalue weighted by atomic mass is 9.83. The first kappa shape index (κ1) is 31.4. The summed E-state index contributed by atoms with van der Waals surface area (Å²) in [5.74, 6) is -4.03. The van der Waals surface area contributed by atoms with Crippen molar-refractivity contribution in [3.63, 3.8) is 0 Å². The number of Topliss-reactive ketones (excluding diaryl/α,β-unsaturated/α-hetero) is 1. The summed E-state index contributed by atoms with van der Waals surface area (Å²) in [4.78, 5) is 62.5. The molecule has 2 aliphatic rings. The van der Waals surface area contributed by atoms with E-state index in [4.69, 9.17) is 28.1 Å². The van der Waals surface area contributed by atoms with Gasteiger partial charge in [0, 0.05) is 39.0 Å². The predicted molar refractivity (Wildman–Crippen MR) is 140 cm³/mol. The molecular formula is C27H30N2O11S. The average molecular weight is 591 g/mol. The molecular weight excluding hydrogens is 560 g/mol. The number of hydrogen-bond acceptors (Lipinski definition) is 14. The molecule has 3 heterocycles. The van der Waals surface area contributed by atoms with Gasteiger partial charge in [-0.3, -0.25) is 24.0 Å². The highest BCUT2D eigenvalue weighted by Crippen LogP contribution is 2.46. The van der Waals surface area contributed by atoms with E-state index in [1.807, 2.05) is 0 Å². The molecule has 0 aliphatic carbocycles. The van der Waals surface area contributed by atoms with E-state index >= 15 is 0 Å². The second-order valence-corrected chi connectivity index (χ2v) is 9.74. The molecule has 0 amide bonds. The van der Waals surface area contributed by atoms with Crippen molar-refractivity contribution in [1.29, 1.82) is 5.26 Å². The number of rotatable bonds is 8. The van der Waals surface area contributed by atoms with Gasteiger partial charge in [0.25, 0.3) is 0 Å². The van der Waals surface area contributed by atoms with Crippen molar-refractivity contribution < 1.29 is 52.1 Å². The molecule has 1 aromatic rings. The molecule has 3 rings (SSSR count). The number of allylic oxidation sites excluding steroid dienone is 3. The number of furan rings is 1. The molecule has 13 nitrogen and oxygen atoms in total. The van der Waals surface area contributed by atoms with E-state index in [2.05, 4.69) is 18.7 Å². The summed E-state index contributed by atoms with van der Waals surface area (Å²) in [6.07, 6.45) is -5.55. The lowest BCUT2D eigenvalue weighted by molar-refractivity contribution is -0.271. The first-order chi connectivity index (χ1) is 19.3. The SMILES string of the molecule is CC(=O)OC[C@@H]1O[C@H](N2C(C)=C(C(C)=O)[C@@H](c3ccco3)C(C#N)=C2S)[C@H](OC(C)=O)[C@H](OC(C)=O)[C@@H]1OC(C)=O. The molecule has 0 bridgehead atoms. The molecule has 1 fully saturated rings. The fraction of sp³-hybridized carbons (Fsp3) is 0.481. The van der Waals surface area contributed by atoms with Crippen LogP contribution in [0.25, 0.3) is 0 Å². The van der Waals surface area contributed by atoms with Gasteiger partial charge in [-0.25, -0.2) is 0 Å². The van der Waals surface area contributed by atoms with Gasteiger partial charge in [-0.05, 0) is 26.0 Å². The number of hydrogen-bond donors (Lipinski definition) is 1. The van der Waals surface area contributed by atoms with Gasteiger partial charge in [-0.2, -0.15) is 5.26 Å². The normalized spacial score (nSPS) is 26.1. The van der Waals surface area contributed by atoms with E-state index in [0.29, 0.717) is 5.76 Å². The van der Waals surface area contributed by atoms with Crippen LogP contribution in [-0.2, 0) is 47.7 Å². The summed E-state index contributed by atoms with van der Waals surface area (Å²) in [7, 11) is 0. The number of ketones is 1. The highest BCUT2D eigenvalue weighted by Gasteiger charge is 2.55. The van der Waals surface area contributed by atoms with Crippen LogP contribution < -0.4 is 0 Å². The quantitative estimate of drug-likeness (QED) is 0.266. The molecule has 41 heavy (non-hydrogen) atoms. The number of esters is 4. The number of nitriles is 1. The maximum atomic E-state index is 13.0. The Kier molecular flexibility index (Phi) is 10.0. The van der Waals surface area contributed by atoms with Crippen LogP contribution in [0.4, 0.5) is 0 Å². The maximum absolute atomic E-state index is 13.0.